The zero-order valence-electron chi connectivity index (χ0n) is 11.3. The third-order valence-electron chi connectivity index (χ3n) is 2.84. The summed E-state index contributed by atoms with van der Waals surface area (Å²) in [7, 11) is -5.56. The summed E-state index contributed by atoms with van der Waals surface area (Å²) in [5, 5.41) is 8.06. The van der Waals surface area contributed by atoms with E-state index in [1.165, 1.54) is 19.2 Å². The van der Waals surface area contributed by atoms with Crippen LogP contribution in [0.5, 0.6) is 0 Å². The molecule has 0 saturated heterocycles. The van der Waals surface area contributed by atoms with Crippen LogP contribution in [0.15, 0.2) is 29.2 Å². The Kier molecular flexibility index (Phi) is 5.66. The van der Waals surface area contributed by atoms with Crippen LogP contribution in [0.4, 0.5) is 0 Å². The van der Waals surface area contributed by atoms with E-state index < -0.39 is 20.0 Å². The van der Waals surface area contributed by atoms with Crippen molar-refractivity contribution in [2.45, 2.75) is 17.9 Å². The molecule has 1 aromatic rings. The highest BCUT2D eigenvalue weighted by molar-refractivity contribution is 7.89. The van der Waals surface area contributed by atoms with Crippen molar-refractivity contribution in [2.75, 3.05) is 19.3 Å². The minimum atomic E-state index is -3.69. The van der Waals surface area contributed by atoms with Gasteiger partial charge in [-0.2, -0.15) is 0 Å². The monoisotopic (exact) mass is 321 g/mol. The number of primary sulfonamides is 1. The molecule has 1 atom stereocenters. The Hall–Kier alpha value is -1.00. The van der Waals surface area contributed by atoms with Crippen LogP contribution in [-0.2, 0) is 20.0 Å². The van der Waals surface area contributed by atoms with Crippen molar-refractivity contribution < 1.29 is 16.8 Å². The van der Waals surface area contributed by atoms with E-state index in [1.54, 1.807) is 12.1 Å². The van der Waals surface area contributed by atoms with Crippen LogP contribution >= 0.6 is 0 Å². The summed E-state index contributed by atoms with van der Waals surface area (Å²) in [6.07, 6.45) is 0. The fraction of sp³-hybridized carbons (Fsp3) is 0.455. The van der Waals surface area contributed by atoms with E-state index >= 15 is 0 Å². The first-order valence-electron chi connectivity index (χ1n) is 5.93. The van der Waals surface area contributed by atoms with Gasteiger partial charge in [0, 0.05) is 12.6 Å². The molecule has 0 aliphatic heterocycles. The van der Waals surface area contributed by atoms with E-state index in [1.807, 2.05) is 6.92 Å². The Balaban J connectivity index is 2.63. The highest BCUT2D eigenvalue weighted by atomic mass is 32.2. The van der Waals surface area contributed by atoms with Crippen LogP contribution in [0.3, 0.4) is 0 Å². The zero-order valence-corrected chi connectivity index (χ0v) is 13.0. The van der Waals surface area contributed by atoms with Crippen molar-refractivity contribution in [1.82, 2.24) is 10.0 Å². The molecule has 20 heavy (non-hydrogen) atoms. The number of nitrogens with two attached hydrogens (primary N) is 1. The minimum absolute atomic E-state index is 0.0247. The smallest absolute Gasteiger partial charge is 0.238 e. The predicted molar refractivity (Wildman–Crippen MR) is 77.1 cm³/mol. The van der Waals surface area contributed by atoms with Crippen LogP contribution in [-0.4, -0.2) is 36.2 Å². The lowest BCUT2D eigenvalue weighted by Crippen LogP contribution is -2.30. The van der Waals surface area contributed by atoms with Gasteiger partial charge in [-0.1, -0.05) is 12.1 Å². The summed E-state index contributed by atoms with van der Waals surface area (Å²) in [5.74, 6) is -0.0247. The van der Waals surface area contributed by atoms with Crippen LogP contribution in [0, 0.1) is 0 Å². The molecule has 1 rings (SSSR count). The van der Waals surface area contributed by atoms with Gasteiger partial charge in [0.25, 0.3) is 0 Å². The largest absolute Gasteiger partial charge is 0.309 e. The summed E-state index contributed by atoms with van der Waals surface area (Å²) in [6, 6.07) is 6.03. The molecule has 0 radical (unpaired) electrons. The third-order valence-corrected chi connectivity index (χ3v) is 5.13. The Morgan fingerprint density at radius 1 is 1.15 bits per heavy atom. The first kappa shape index (κ1) is 17.1. The quantitative estimate of drug-likeness (QED) is 0.627. The van der Waals surface area contributed by atoms with Gasteiger partial charge in [-0.25, -0.2) is 26.7 Å². The molecule has 0 spiro atoms. The van der Waals surface area contributed by atoms with Crippen molar-refractivity contribution in [3.8, 4) is 0 Å². The number of rotatable bonds is 7. The van der Waals surface area contributed by atoms with Crippen molar-refractivity contribution >= 4 is 20.0 Å². The minimum Gasteiger partial charge on any atom is -0.309 e. The number of hydrogen-bond donors (Lipinski definition) is 3. The average molecular weight is 321 g/mol. The summed E-state index contributed by atoms with van der Waals surface area (Å²) in [6.45, 7) is 2.15. The summed E-state index contributed by atoms with van der Waals surface area (Å²) in [5.41, 5.74) is 0.847. The van der Waals surface area contributed by atoms with E-state index in [9.17, 15) is 16.8 Å². The van der Waals surface area contributed by atoms with Crippen molar-refractivity contribution in [1.29, 1.82) is 0 Å². The Morgan fingerprint density at radius 3 is 2.15 bits per heavy atom. The van der Waals surface area contributed by atoms with Gasteiger partial charge in [-0.05, 0) is 31.7 Å². The van der Waals surface area contributed by atoms with Gasteiger partial charge < -0.3 is 5.32 Å². The molecule has 1 aromatic carbocycles. The van der Waals surface area contributed by atoms with E-state index in [0.29, 0.717) is 6.54 Å². The van der Waals surface area contributed by atoms with Crippen molar-refractivity contribution in [3.63, 3.8) is 0 Å². The molecule has 114 valence electrons. The molecule has 4 N–H and O–H groups in total. The maximum atomic E-state index is 11.2. The molecule has 0 amide bonds. The van der Waals surface area contributed by atoms with Gasteiger partial charge in [-0.15, -0.1) is 0 Å². The van der Waals surface area contributed by atoms with E-state index in [4.69, 9.17) is 5.14 Å². The molecule has 0 bridgehead atoms. The van der Waals surface area contributed by atoms with Gasteiger partial charge in [0.15, 0.2) is 0 Å². The lowest BCUT2D eigenvalue weighted by molar-refractivity contribution is 0.566. The second kappa shape index (κ2) is 6.64. The average Bonchev–Trinajstić information content (AvgIpc) is 2.37. The second-order valence-electron chi connectivity index (χ2n) is 4.31. The fourth-order valence-corrected chi connectivity index (χ4v) is 2.68. The van der Waals surface area contributed by atoms with Gasteiger partial charge in [0.05, 0.1) is 10.6 Å². The van der Waals surface area contributed by atoms with Gasteiger partial charge in [0.2, 0.25) is 20.0 Å². The van der Waals surface area contributed by atoms with Crippen molar-refractivity contribution in [2.24, 2.45) is 5.14 Å². The summed E-state index contributed by atoms with van der Waals surface area (Å²) in [4.78, 5) is 0.0474. The van der Waals surface area contributed by atoms with Crippen LogP contribution in [0.25, 0.3) is 0 Å². The third kappa shape index (κ3) is 5.17. The molecular formula is C11H19N3O4S2. The van der Waals surface area contributed by atoms with E-state index in [-0.39, 0.29) is 16.7 Å². The molecule has 7 nitrogen and oxygen atoms in total. The first-order chi connectivity index (χ1) is 9.15. The zero-order chi connectivity index (χ0) is 15.4. The lowest BCUT2D eigenvalue weighted by atomic mass is 10.1. The Morgan fingerprint density at radius 2 is 1.70 bits per heavy atom. The SMILES string of the molecule is CNS(=O)(=O)CCNC(C)c1ccc(S(N)(=O)=O)cc1. The standard InChI is InChI=1S/C11H19N3O4S2/c1-9(14-7-8-19(15,16)13-2)10-3-5-11(6-4-10)20(12,17)18/h3-6,9,13-14H,7-8H2,1-2H3,(H2,12,17,18). The molecule has 0 heterocycles. The lowest BCUT2D eigenvalue weighted by Gasteiger charge is -2.14. The molecule has 0 saturated carbocycles. The van der Waals surface area contributed by atoms with Crippen LogP contribution in [0.2, 0.25) is 0 Å². The molecule has 0 aliphatic rings. The predicted octanol–water partition coefficient (Wildman–Crippen LogP) is -0.466. The Labute approximate surface area is 119 Å². The Bertz CT molecular complexity index is 639. The molecule has 0 aliphatic carbocycles. The topological polar surface area (TPSA) is 118 Å². The highest BCUT2D eigenvalue weighted by Gasteiger charge is 2.11. The highest BCUT2D eigenvalue weighted by Crippen LogP contribution is 2.15. The van der Waals surface area contributed by atoms with Gasteiger partial charge >= 0.3 is 0 Å². The van der Waals surface area contributed by atoms with Crippen LogP contribution < -0.4 is 15.2 Å². The molecule has 9 heteroatoms. The maximum absolute atomic E-state index is 11.2. The van der Waals surface area contributed by atoms with Gasteiger partial charge in [-0.3, -0.25) is 0 Å². The number of benzene rings is 1. The van der Waals surface area contributed by atoms with Gasteiger partial charge in [0.1, 0.15) is 0 Å². The maximum Gasteiger partial charge on any atom is 0.238 e. The molecule has 0 aromatic heterocycles. The summed E-state index contributed by atoms with van der Waals surface area (Å²) < 4.78 is 46.9. The first-order valence-corrected chi connectivity index (χ1v) is 9.13. The fourth-order valence-electron chi connectivity index (χ4n) is 1.58. The normalized spacial score (nSPS) is 14.2. The van der Waals surface area contributed by atoms with E-state index in [2.05, 4.69) is 10.0 Å². The number of hydrogen-bond acceptors (Lipinski definition) is 5. The molecular weight excluding hydrogens is 302 g/mol. The summed E-state index contributed by atoms with van der Waals surface area (Å²) >= 11 is 0. The number of nitrogens with one attached hydrogen (secondary N) is 2. The van der Waals surface area contributed by atoms with Crippen LogP contribution in [0.1, 0.15) is 18.5 Å². The van der Waals surface area contributed by atoms with E-state index in [0.717, 1.165) is 5.56 Å². The molecule has 1 unspecified atom stereocenters. The number of sulfonamides is 2. The van der Waals surface area contributed by atoms with Crippen molar-refractivity contribution in [3.05, 3.63) is 29.8 Å². The molecule has 0 fully saturated rings. The second-order valence-corrected chi connectivity index (χ2v) is 7.92.